The van der Waals surface area contributed by atoms with Gasteiger partial charge in [-0.2, -0.15) is 0 Å². The van der Waals surface area contributed by atoms with E-state index in [1.54, 1.807) is 0 Å². The molecule has 0 nitrogen and oxygen atoms in total. The predicted molar refractivity (Wildman–Crippen MR) is 120 cm³/mol. The van der Waals surface area contributed by atoms with Crippen molar-refractivity contribution in [2.45, 2.75) is 167 Å². The second kappa shape index (κ2) is 21.3. The van der Waals surface area contributed by atoms with Gasteiger partial charge in [-0.3, -0.25) is 0 Å². The Kier molecular flexibility index (Phi) is 19.7. The van der Waals surface area contributed by atoms with Crippen LogP contribution in [0.4, 0.5) is 0 Å². The average Bonchev–Trinajstić information content (AvgIpc) is 3.12. The zero-order valence-corrected chi connectivity index (χ0v) is 18.4. The molecule has 0 bridgehead atoms. The summed E-state index contributed by atoms with van der Waals surface area (Å²) in [5.41, 5.74) is 0. The number of hydrogen-bond donors (Lipinski definition) is 0. The van der Waals surface area contributed by atoms with Crippen LogP contribution >= 0.6 is 0 Å². The fourth-order valence-corrected chi connectivity index (χ4v) is 4.60. The van der Waals surface area contributed by atoms with Gasteiger partial charge in [0.15, 0.2) is 0 Å². The predicted octanol–water partition coefficient (Wildman–Crippen LogP) is 10.1. The first-order chi connectivity index (χ1) is 13.0. The van der Waals surface area contributed by atoms with Crippen molar-refractivity contribution in [3.63, 3.8) is 0 Å². The van der Waals surface area contributed by atoms with Crippen molar-refractivity contribution in [3.8, 4) is 0 Å². The molecule has 0 unspecified atom stereocenters. The Bertz CT molecular complexity index is 174. The Morgan fingerprint density at radius 2 is 0.115 bits per heavy atom. The summed E-state index contributed by atoms with van der Waals surface area (Å²) in [7, 11) is 0. The molecule has 4 aliphatic carbocycles. The van der Waals surface area contributed by atoms with Gasteiger partial charge in [-0.15, -0.1) is 0 Å². The molecule has 4 fully saturated rings. The van der Waals surface area contributed by atoms with Crippen LogP contribution in [-0.4, -0.2) is 0 Å². The minimum absolute atomic E-state index is 1.50. The van der Waals surface area contributed by atoms with Gasteiger partial charge in [0.05, 0.1) is 0 Å². The highest BCUT2D eigenvalue weighted by molar-refractivity contribution is 4.53. The van der Waals surface area contributed by atoms with E-state index < -0.39 is 0 Å². The summed E-state index contributed by atoms with van der Waals surface area (Å²) in [5, 5.41) is 0. The van der Waals surface area contributed by atoms with Crippen molar-refractivity contribution in [2.24, 2.45) is 0 Å². The maximum atomic E-state index is 1.50. The molecule has 4 aliphatic rings. The van der Waals surface area contributed by atoms with Gasteiger partial charge in [-0.05, 0) is 0 Å². The van der Waals surface area contributed by atoms with Crippen LogP contribution in [0.5, 0.6) is 0 Å². The smallest absolute Gasteiger partial charge is 0.0533 e. The largest absolute Gasteiger partial charge is 0.0533 e. The van der Waals surface area contributed by atoms with Crippen LogP contribution in [0.25, 0.3) is 0 Å². The summed E-state index contributed by atoms with van der Waals surface area (Å²) in [5.74, 6) is 0. The van der Waals surface area contributed by atoms with Gasteiger partial charge in [0, 0.05) is 0 Å². The zero-order valence-electron chi connectivity index (χ0n) is 18.4. The third-order valence-corrected chi connectivity index (χ3v) is 6.50. The molecule has 0 atom stereocenters. The van der Waals surface area contributed by atoms with Gasteiger partial charge >= 0.3 is 0 Å². The van der Waals surface area contributed by atoms with E-state index in [4.69, 9.17) is 0 Å². The standard InChI is InChI=1S/C8H16.C7H14.C6H12.C5H10/c1-2-4-6-8-7-5-3-1;1-2-4-6-7-5-3-1;1-2-4-6-5-3-1;1-2-4-5-3-1/h1-8H2;1-7H2;1-6H2;1-5H2. The van der Waals surface area contributed by atoms with Gasteiger partial charge in [0.1, 0.15) is 0 Å². The highest BCUT2D eigenvalue weighted by Gasteiger charge is 1.97. The fraction of sp³-hybridized carbons (Fsp3) is 1.00. The minimum Gasteiger partial charge on any atom is -0.0533 e. The van der Waals surface area contributed by atoms with Gasteiger partial charge in [0.25, 0.3) is 0 Å². The van der Waals surface area contributed by atoms with E-state index in [1.165, 1.54) is 167 Å². The second-order valence-electron chi connectivity index (χ2n) is 9.19. The Morgan fingerprint density at radius 3 is 0.154 bits per heavy atom. The van der Waals surface area contributed by atoms with E-state index in [2.05, 4.69) is 0 Å². The summed E-state index contributed by atoms with van der Waals surface area (Å²) >= 11 is 0. The number of hydrogen-bond acceptors (Lipinski definition) is 0. The second-order valence-corrected chi connectivity index (χ2v) is 9.19. The molecule has 0 amide bonds. The fourth-order valence-electron chi connectivity index (χ4n) is 4.60. The summed E-state index contributed by atoms with van der Waals surface area (Å²) in [4.78, 5) is 0. The molecule has 26 heavy (non-hydrogen) atoms. The monoisotopic (exact) mass is 364 g/mol. The van der Waals surface area contributed by atoms with E-state index in [0.29, 0.717) is 0 Å². The minimum atomic E-state index is 1.50. The van der Waals surface area contributed by atoms with E-state index in [-0.39, 0.29) is 0 Å². The zero-order chi connectivity index (χ0) is 18.4. The molecule has 4 rings (SSSR count). The van der Waals surface area contributed by atoms with Gasteiger partial charge in [-0.25, -0.2) is 0 Å². The lowest BCUT2D eigenvalue weighted by Gasteiger charge is -2.05. The molecular weight excluding hydrogens is 312 g/mol. The molecule has 0 saturated heterocycles. The lowest BCUT2D eigenvalue weighted by molar-refractivity contribution is 0.504. The van der Waals surface area contributed by atoms with Crippen LogP contribution in [0.15, 0.2) is 0 Å². The molecule has 0 aromatic carbocycles. The maximum absolute atomic E-state index is 1.50. The molecule has 0 spiro atoms. The van der Waals surface area contributed by atoms with Crippen LogP contribution < -0.4 is 0 Å². The Hall–Kier alpha value is 0. The first kappa shape index (κ1) is 24.0. The molecule has 0 aromatic heterocycles. The summed E-state index contributed by atoms with van der Waals surface area (Å²) in [6, 6.07) is 0. The molecule has 0 aliphatic heterocycles. The van der Waals surface area contributed by atoms with E-state index >= 15 is 0 Å². The van der Waals surface area contributed by atoms with Gasteiger partial charge < -0.3 is 0 Å². The Balaban J connectivity index is 0.000000176. The van der Waals surface area contributed by atoms with Gasteiger partial charge in [-0.1, -0.05) is 167 Å². The van der Waals surface area contributed by atoms with E-state index in [1.807, 2.05) is 0 Å². The van der Waals surface area contributed by atoms with Crippen LogP contribution in [0.3, 0.4) is 0 Å². The van der Waals surface area contributed by atoms with Crippen LogP contribution in [-0.2, 0) is 0 Å². The van der Waals surface area contributed by atoms with Crippen LogP contribution in [0, 0.1) is 0 Å². The molecule has 0 aromatic rings. The third-order valence-electron chi connectivity index (χ3n) is 6.50. The molecule has 0 radical (unpaired) electrons. The van der Waals surface area contributed by atoms with E-state index in [9.17, 15) is 0 Å². The van der Waals surface area contributed by atoms with Crippen molar-refractivity contribution >= 4 is 0 Å². The topological polar surface area (TPSA) is 0 Å². The molecule has 4 saturated carbocycles. The van der Waals surface area contributed by atoms with Crippen molar-refractivity contribution < 1.29 is 0 Å². The first-order valence-corrected chi connectivity index (χ1v) is 13.0. The average molecular weight is 365 g/mol. The molecular formula is C26H52. The molecule has 0 heteroatoms. The SMILES string of the molecule is C1CCCC1.C1CCCCC1.C1CCCCCC1.C1CCCCCCC1. The van der Waals surface area contributed by atoms with Crippen molar-refractivity contribution in [1.82, 2.24) is 0 Å². The molecule has 156 valence electrons. The van der Waals surface area contributed by atoms with E-state index in [0.717, 1.165) is 0 Å². The maximum Gasteiger partial charge on any atom is -0.0533 e. The normalized spacial score (nSPS) is 24.0. The lowest BCUT2D eigenvalue weighted by Crippen LogP contribution is -1.85. The van der Waals surface area contributed by atoms with Gasteiger partial charge in [0.2, 0.25) is 0 Å². The highest BCUT2D eigenvalue weighted by Crippen LogP contribution is 2.17. The Labute approximate surface area is 167 Å². The summed E-state index contributed by atoms with van der Waals surface area (Å²) < 4.78 is 0. The van der Waals surface area contributed by atoms with Crippen LogP contribution in [0.2, 0.25) is 0 Å². The van der Waals surface area contributed by atoms with Crippen molar-refractivity contribution in [3.05, 3.63) is 0 Å². The Morgan fingerprint density at radius 1 is 0.0769 bits per heavy atom. The first-order valence-electron chi connectivity index (χ1n) is 13.0. The third kappa shape index (κ3) is 18.8. The number of rotatable bonds is 0. The van der Waals surface area contributed by atoms with Crippen molar-refractivity contribution in [2.75, 3.05) is 0 Å². The van der Waals surface area contributed by atoms with Crippen molar-refractivity contribution in [1.29, 1.82) is 0 Å². The molecule has 0 heterocycles. The highest BCUT2D eigenvalue weighted by atomic mass is 14.0. The summed E-state index contributed by atoms with van der Waals surface area (Å²) in [6.45, 7) is 0. The quantitative estimate of drug-likeness (QED) is 0.375. The van der Waals surface area contributed by atoms with Crippen LogP contribution in [0.1, 0.15) is 167 Å². The molecule has 0 N–H and O–H groups in total. The summed E-state index contributed by atoms with van der Waals surface area (Å²) in [6.07, 6.45) is 39.0. The lowest BCUT2D eigenvalue weighted by atomic mass is 10.0.